The van der Waals surface area contributed by atoms with Gasteiger partial charge in [0.15, 0.2) is 0 Å². The van der Waals surface area contributed by atoms with Gasteiger partial charge in [-0.2, -0.15) is 0 Å². The van der Waals surface area contributed by atoms with Gasteiger partial charge < -0.3 is 9.64 Å². The lowest BCUT2D eigenvalue weighted by Crippen LogP contribution is -2.45. The Morgan fingerprint density at radius 1 is 1.35 bits per heavy atom. The first-order valence-electron chi connectivity index (χ1n) is 5.85. The van der Waals surface area contributed by atoms with Gasteiger partial charge in [-0.3, -0.25) is 0 Å². The number of benzene rings is 1. The Bertz CT molecular complexity index is 389. The molecule has 0 saturated carbocycles. The molecule has 0 aromatic heterocycles. The Hall–Kier alpha value is -0.250. The number of rotatable bonds is 2. The molecule has 1 heterocycles. The molecule has 0 spiro atoms. The molecule has 1 saturated heterocycles. The molecule has 0 radical (unpaired) electrons. The van der Waals surface area contributed by atoms with Crippen LogP contribution in [0.25, 0.3) is 0 Å². The van der Waals surface area contributed by atoms with Crippen LogP contribution < -0.4 is 4.90 Å². The first-order chi connectivity index (χ1) is 8.10. The maximum Gasteiger partial charge on any atom is 0.0726 e. The van der Waals surface area contributed by atoms with E-state index in [1.165, 1.54) is 11.3 Å². The van der Waals surface area contributed by atoms with Gasteiger partial charge in [-0.05, 0) is 31.5 Å². The van der Waals surface area contributed by atoms with Crippen LogP contribution in [0.2, 0.25) is 5.02 Å². The highest BCUT2D eigenvalue weighted by molar-refractivity contribution is 9.08. The van der Waals surface area contributed by atoms with E-state index in [4.69, 9.17) is 16.3 Å². The first-order valence-corrected chi connectivity index (χ1v) is 7.35. The lowest BCUT2D eigenvalue weighted by atomic mass is 10.1. The topological polar surface area (TPSA) is 12.5 Å². The smallest absolute Gasteiger partial charge is 0.0726 e. The van der Waals surface area contributed by atoms with E-state index in [-0.39, 0.29) is 12.2 Å². The summed E-state index contributed by atoms with van der Waals surface area (Å²) in [4.78, 5) is 2.36. The SMILES string of the molecule is CC1CN(c2cc(Cl)ccc2CBr)CC(C)O1. The summed E-state index contributed by atoms with van der Waals surface area (Å²) in [6.07, 6.45) is 0.529. The molecule has 17 heavy (non-hydrogen) atoms. The number of hydrogen-bond acceptors (Lipinski definition) is 2. The van der Waals surface area contributed by atoms with E-state index in [0.717, 1.165) is 23.4 Å². The standard InChI is InChI=1S/C13H17BrClNO/c1-9-7-16(8-10(2)17-9)13-5-12(15)4-3-11(13)6-14/h3-5,9-10H,6-8H2,1-2H3. The van der Waals surface area contributed by atoms with Crippen molar-refractivity contribution in [2.75, 3.05) is 18.0 Å². The van der Waals surface area contributed by atoms with Gasteiger partial charge >= 0.3 is 0 Å². The van der Waals surface area contributed by atoms with Gasteiger partial charge in [-0.25, -0.2) is 0 Å². The van der Waals surface area contributed by atoms with Gasteiger partial charge in [0.05, 0.1) is 12.2 Å². The monoisotopic (exact) mass is 317 g/mol. The fraction of sp³-hybridized carbons (Fsp3) is 0.538. The summed E-state index contributed by atoms with van der Waals surface area (Å²) in [6, 6.07) is 6.06. The molecular weight excluding hydrogens is 302 g/mol. The maximum atomic E-state index is 6.09. The summed E-state index contributed by atoms with van der Waals surface area (Å²) in [5.41, 5.74) is 2.49. The van der Waals surface area contributed by atoms with E-state index < -0.39 is 0 Å². The molecule has 1 aromatic rings. The zero-order valence-electron chi connectivity index (χ0n) is 10.1. The van der Waals surface area contributed by atoms with E-state index in [1.54, 1.807) is 0 Å². The number of anilines is 1. The van der Waals surface area contributed by atoms with Crippen molar-refractivity contribution in [1.82, 2.24) is 0 Å². The average Bonchev–Trinajstić information content (AvgIpc) is 2.27. The van der Waals surface area contributed by atoms with Crippen molar-refractivity contribution in [2.24, 2.45) is 0 Å². The van der Waals surface area contributed by atoms with Crippen molar-refractivity contribution in [3.05, 3.63) is 28.8 Å². The summed E-state index contributed by atoms with van der Waals surface area (Å²) < 4.78 is 5.76. The molecule has 0 bridgehead atoms. The Morgan fingerprint density at radius 3 is 2.59 bits per heavy atom. The van der Waals surface area contributed by atoms with Gasteiger partial charge in [0.2, 0.25) is 0 Å². The second-order valence-electron chi connectivity index (χ2n) is 4.57. The molecule has 2 rings (SSSR count). The van der Waals surface area contributed by atoms with Gasteiger partial charge in [-0.15, -0.1) is 0 Å². The van der Waals surface area contributed by atoms with Gasteiger partial charge in [0, 0.05) is 29.1 Å². The molecule has 2 atom stereocenters. The minimum absolute atomic E-state index is 0.265. The second kappa shape index (κ2) is 5.59. The van der Waals surface area contributed by atoms with Crippen molar-refractivity contribution in [3.63, 3.8) is 0 Å². The van der Waals surface area contributed by atoms with E-state index >= 15 is 0 Å². The average molecular weight is 319 g/mol. The molecule has 1 aliphatic rings. The van der Waals surface area contributed by atoms with Crippen LogP contribution in [0.15, 0.2) is 18.2 Å². The van der Waals surface area contributed by atoms with Crippen LogP contribution in [0.4, 0.5) is 5.69 Å². The highest BCUT2D eigenvalue weighted by Gasteiger charge is 2.23. The fourth-order valence-electron chi connectivity index (χ4n) is 2.32. The highest BCUT2D eigenvalue weighted by atomic mass is 79.9. The Kier molecular flexibility index (Phi) is 4.34. The number of alkyl halides is 1. The lowest BCUT2D eigenvalue weighted by Gasteiger charge is -2.37. The third-order valence-corrected chi connectivity index (χ3v) is 3.79. The van der Waals surface area contributed by atoms with Crippen LogP contribution in [0.3, 0.4) is 0 Å². The van der Waals surface area contributed by atoms with Crippen LogP contribution in [-0.4, -0.2) is 25.3 Å². The van der Waals surface area contributed by atoms with E-state index in [0.29, 0.717) is 0 Å². The number of halogens is 2. The number of ether oxygens (including phenoxy) is 1. The summed E-state index contributed by atoms with van der Waals surface area (Å²) in [7, 11) is 0. The fourth-order valence-corrected chi connectivity index (χ4v) is 2.96. The third kappa shape index (κ3) is 3.15. The van der Waals surface area contributed by atoms with Crippen molar-refractivity contribution < 1.29 is 4.74 Å². The van der Waals surface area contributed by atoms with Crippen LogP contribution in [0.1, 0.15) is 19.4 Å². The summed E-state index contributed by atoms with van der Waals surface area (Å²) in [5, 5.41) is 1.64. The molecular formula is C13H17BrClNO. The van der Waals surface area contributed by atoms with Crippen LogP contribution in [0, 0.1) is 0 Å². The number of hydrogen-bond donors (Lipinski definition) is 0. The molecule has 2 nitrogen and oxygen atoms in total. The molecule has 0 aliphatic carbocycles. The van der Waals surface area contributed by atoms with Gasteiger partial charge in [-0.1, -0.05) is 33.6 Å². The molecule has 4 heteroatoms. The van der Waals surface area contributed by atoms with Crippen LogP contribution >= 0.6 is 27.5 Å². The molecule has 0 N–H and O–H groups in total. The molecule has 2 unspecified atom stereocenters. The van der Waals surface area contributed by atoms with Crippen molar-refractivity contribution in [1.29, 1.82) is 0 Å². The maximum absolute atomic E-state index is 6.09. The van der Waals surface area contributed by atoms with Crippen molar-refractivity contribution >= 4 is 33.2 Å². The molecule has 1 aromatic carbocycles. The third-order valence-electron chi connectivity index (χ3n) is 2.95. The normalized spacial score (nSPS) is 25.1. The van der Waals surface area contributed by atoms with E-state index in [2.05, 4.69) is 40.7 Å². The minimum Gasteiger partial charge on any atom is -0.372 e. The zero-order chi connectivity index (χ0) is 12.4. The summed E-state index contributed by atoms with van der Waals surface area (Å²) in [6.45, 7) is 6.07. The van der Waals surface area contributed by atoms with Gasteiger partial charge in [0.1, 0.15) is 0 Å². The highest BCUT2D eigenvalue weighted by Crippen LogP contribution is 2.29. The van der Waals surface area contributed by atoms with E-state index in [9.17, 15) is 0 Å². The van der Waals surface area contributed by atoms with Crippen molar-refractivity contribution in [3.8, 4) is 0 Å². The van der Waals surface area contributed by atoms with E-state index in [1.807, 2.05) is 12.1 Å². The van der Waals surface area contributed by atoms with Crippen LogP contribution in [0.5, 0.6) is 0 Å². The molecule has 0 amide bonds. The Balaban J connectivity index is 2.28. The molecule has 1 aliphatic heterocycles. The van der Waals surface area contributed by atoms with Crippen LogP contribution in [-0.2, 0) is 10.1 Å². The first kappa shape index (κ1) is 13.2. The quantitative estimate of drug-likeness (QED) is 0.768. The minimum atomic E-state index is 0.265. The Labute approximate surface area is 116 Å². The predicted molar refractivity (Wildman–Crippen MR) is 76.3 cm³/mol. The summed E-state index contributed by atoms with van der Waals surface area (Å²) in [5.74, 6) is 0. The number of nitrogens with zero attached hydrogens (tertiary/aromatic N) is 1. The second-order valence-corrected chi connectivity index (χ2v) is 5.57. The number of morpholine rings is 1. The summed E-state index contributed by atoms with van der Waals surface area (Å²) >= 11 is 9.62. The largest absolute Gasteiger partial charge is 0.372 e. The van der Waals surface area contributed by atoms with Crippen molar-refractivity contribution in [2.45, 2.75) is 31.4 Å². The molecule has 1 fully saturated rings. The zero-order valence-corrected chi connectivity index (χ0v) is 12.5. The predicted octanol–water partition coefficient (Wildman–Crippen LogP) is 3.85. The Morgan fingerprint density at radius 2 is 2.00 bits per heavy atom. The van der Waals surface area contributed by atoms with Gasteiger partial charge in [0.25, 0.3) is 0 Å². The lowest BCUT2D eigenvalue weighted by molar-refractivity contribution is -0.00524. The molecule has 94 valence electrons.